The summed E-state index contributed by atoms with van der Waals surface area (Å²) in [5.41, 5.74) is 2.08. The van der Waals surface area contributed by atoms with Gasteiger partial charge in [-0.15, -0.1) is 0 Å². The van der Waals surface area contributed by atoms with Gasteiger partial charge in [0.2, 0.25) is 0 Å². The molecule has 1 heterocycles. The Morgan fingerprint density at radius 2 is 2.24 bits per heavy atom. The average Bonchev–Trinajstić information content (AvgIpc) is 2.48. The largest absolute Gasteiger partial charge is 0.375 e. The molecule has 2 unspecified atom stereocenters. The van der Waals surface area contributed by atoms with Gasteiger partial charge >= 0.3 is 5.69 Å². The SMILES string of the molecule is CC1CN(C(=O)c2cccc(NN)c2[N+](=O)[O-])C(C)CO1. The number of rotatable bonds is 3. The van der Waals surface area contributed by atoms with Gasteiger partial charge in [0.1, 0.15) is 11.3 Å². The van der Waals surface area contributed by atoms with Gasteiger partial charge in [-0.1, -0.05) is 6.07 Å². The Hall–Kier alpha value is -2.19. The smallest absolute Gasteiger partial charge is 0.306 e. The lowest BCUT2D eigenvalue weighted by Crippen LogP contribution is -2.50. The first-order chi connectivity index (χ1) is 9.95. The Labute approximate surface area is 122 Å². The highest BCUT2D eigenvalue weighted by Gasteiger charge is 2.33. The van der Waals surface area contributed by atoms with E-state index in [4.69, 9.17) is 10.6 Å². The maximum absolute atomic E-state index is 12.6. The van der Waals surface area contributed by atoms with Crippen molar-refractivity contribution < 1.29 is 14.5 Å². The number of carbonyl (C=O) groups is 1. The van der Waals surface area contributed by atoms with Crippen molar-refractivity contribution in [1.29, 1.82) is 0 Å². The van der Waals surface area contributed by atoms with E-state index in [-0.39, 0.29) is 35.0 Å². The Bertz CT molecular complexity index is 563. The number of anilines is 1. The van der Waals surface area contributed by atoms with Gasteiger partial charge < -0.3 is 15.1 Å². The third-order valence-corrected chi connectivity index (χ3v) is 3.47. The maximum Gasteiger partial charge on any atom is 0.306 e. The molecule has 2 atom stereocenters. The van der Waals surface area contributed by atoms with Gasteiger partial charge in [-0.3, -0.25) is 20.8 Å². The van der Waals surface area contributed by atoms with Gasteiger partial charge in [-0.05, 0) is 26.0 Å². The molecule has 1 fully saturated rings. The van der Waals surface area contributed by atoms with Crippen LogP contribution in [0.3, 0.4) is 0 Å². The van der Waals surface area contributed by atoms with Crippen molar-refractivity contribution in [2.45, 2.75) is 26.0 Å². The predicted molar refractivity (Wildman–Crippen MR) is 76.8 cm³/mol. The lowest BCUT2D eigenvalue weighted by molar-refractivity contribution is -0.384. The minimum atomic E-state index is -0.600. The molecule has 0 aromatic heterocycles. The fourth-order valence-electron chi connectivity index (χ4n) is 2.37. The number of hydrazine groups is 1. The molecular weight excluding hydrogens is 276 g/mol. The number of nitrogen functional groups attached to an aromatic ring is 1. The van der Waals surface area contributed by atoms with E-state index in [9.17, 15) is 14.9 Å². The first-order valence-electron chi connectivity index (χ1n) is 6.62. The number of morpholine rings is 1. The van der Waals surface area contributed by atoms with E-state index in [0.29, 0.717) is 13.2 Å². The lowest BCUT2D eigenvalue weighted by atomic mass is 10.1. The molecule has 0 aliphatic carbocycles. The van der Waals surface area contributed by atoms with E-state index in [0.717, 1.165) is 0 Å². The van der Waals surface area contributed by atoms with Crippen LogP contribution in [0, 0.1) is 10.1 Å². The van der Waals surface area contributed by atoms with Crippen molar-refractivity contribution >= 4 is 17.3 Å². The van der Waals surface area contributed by atoms with Gasteiger partial charge in [0.05, 0.1) is 23.7 Å². The monoisotopic (exact) mass is 294 g/mol. The van der Waals surface area contributed by atoms with Crippen LogP contribution in [-0.4, -0.2) is 41.0 Å². The number of ether oxygens (including phenoxy) is 1. The summed E-state index contributed by atoms with van der Waals surface area (Å²) in [7, 11) is 0. The van der Waals surface area contributed by atoms with Gasteiger partial charge in [-0.25, -0.2) is 0 Å². The molecular formula is C13H18N4O4. The van der Waals surface area contributed by atoms with E-state index < -0.39 is 4.92 Å². The second-order valence-electron chi connectivity index (χ2n) is 5.05. The molecule has 8 heteroatoms. The summed E-state index contributed by atoms with van der Waals surface area (Å²) < 4.78 is 5.47. The molecule has 0 bridgehead atoms. The van der Waals surface area contributed by atoms with Crippen LogP contribution < -0.4 is 11.3 Å². The first-order valence-corrected chi connectivity index (χ1v) is 6.62. The highest BCUT2D eigenvalue weighted by molar-refractivity contribution is 6.00. The van der Waals surface area contributed by atoms with Crippen LogP contribution in [0.25, 0.3) is 0 Å². The zero-order chi connectivity index (χ0) is 15.6. The van der Waals surface area contributed by atoms with Crippen LogP contribution in [-0.2, 0) is 4.74 Å². The number of nitro groups is 1. The molecule has 8 nitrogen and oxygen atoms in total. The van der Waals surface area contributed by atoms with Crippen LogP contribution in [0.4, 0.5) is 11.4 Å². The molecule has 1 amide bonds. The molecule has 1 aromatic carbocycles. The zero-order valence-corrected chi connectivity index (χ0v) is 11.9. The normalized spacial score (nSPS) is 22.0. The summed E-state index contributed by atoms with van der Waals surface area (Å²) in [4.78, 5) is 24.9. The number of para-hydroxylation sites is 1. The van der Waals surface area contributed by atoms with Crippen LogP contribution in [0.5, 0.6) is 0 Å². The Morgan fingerprint density at radius 3 is 2.86 bits per heavy atom. The number of nitrogens with one attached hydrogen (secondary N) is 1. The van der Waals surface area contributed by atoms with Crippen molar-refractivity contribution in [3.05, 3.63) is 33.9 Å². The van der Waals surface area contributed by atoms with E-state index in [1.165, 1.54) is 12.1 Å². The predicted octanol–water partition coefficient (Wildman–Crippen LogP) is 1.13. The molecule has 21 heavy (non-hydrogen) atoms. The molecule has 0 spiro atoms. The first kappa shape index (κ1) is 15.2. The molecule has 1 saturated heterocycles. The number of nitro benzene ring substituents is 1. The van der Waals surface area contributed by atoms with E-state index in [1.54, 1.807) is 11.0 Å². The van der Waals surface area contributed by atoms with Crippen LogP contribution in [0.2, 0.25) is 0 Å². The average molecular weight is 294 g/mol. The standard InChI is InChI=1S/C13H18N4O4/c1-8-7-21-9(2)6-16(8)13(18)10-4-3-5-11(15-14)12(10)17(19)20/h3-5,8-9,15H,6-7,14H2,1-2H3. The number of amides is 1. The lowest BCUT2D eigenvalue weighted by Gasteiger charge is -2.36. The van der Waals surface area contributed by atoms with Crippen LogP contribution >= 0.6 is 0 Å². The minimum absolute atomic E-state index is 0.0244. The van der Waals surface area contributed by atoms with Crippen molar-refractivity contribution in [2.24, 2.45) is 5.84 Å². The van der Waals surface area contributed by atoms with E-state index >= 15 is 0 Å². The third kappa shape index (κ3) is 2.96. The van der Waals surface area contributed by atoms with E-state index in [2.05, 4.69) is 5.43 Å². The molecule has 1 aromatic rings. The molecule has 2 rings (SSSR count). The highest BCUT2D eigenvalue weighted by atomic mass is 16.6. The van der Waals surface area contributed by atoms with Crippen LogP contribution in [0.15, 0.2) is 18.2 Å². The number of nitrogens with zero attached hydrogens (tertiary/aromatic N) is 2. The highest BCUT2D eigenvalue weighted by Crippen LogP contribution is 2.30. The van der Waals surface area contributed by atoms with Crippen molar-refractivity contribution in [2.75, 3.05) is 18.6 Å². The van der Waals surface area contributed by atoms with Gasteiger partial charge in [-0.2, -0.15) is 0 Å². The second-order valence-corrected chi connectivity index (χ2v) is 5.05. The molecule has 0 radical (unpaired) electrons. The van der Waals surface area contributed by atoms with E-state index in [1.807, 2.05) is 13.8 Å². The zero-order valence-electron chi connectivity index (χ0n) is 11.9. The quantitative estimate of drug-likeness (QED) is 0.491. The fraction of sp³-hybridized carbons (Fsp3) is 0.462. The number of hydrogen-bond donors (Lipinski definition) is 2. The Balaban J connectivity index is 2.41. The van der Waals surface area contributed by atoms with Gasteiger partial charge in [0.25, 0.3) is 5.91 Å². The molecule has 114 valence electrons. The number of benzene rings is 1. The number of carbonyl (C=O) groups excluding carboxylic acids is 1. The molecule has 0 saturated carbocycles. The molecule has 1 aliphatic rings. The Kier molecular flexibility index (Phi) is 4.39. The van der Waals surface area contributed by atoms with Gasteiger partial charge in [0.15, 0.2) is 0 Å². The minimum Gasteiger partial charge on any atom is -0.375 e. The molecule has 1 aliphatic heterocycles. The summed E-state index contributed by atoms with van der Waals surface area (Å²) >= 11 is 0. The van der Waals surface area contributed by atoms with Crippen molar-refractivity contribution in [1.82, 2.24) is 4.90 Å². The van der Waals surface area contributed by atoms with Crippen molar-refractivity contribution in [3.63, 3.8) is 0 Å². The summed E-state index contributed by atoms with van der Waals surface area (Å²) in [5.74, 6) is 4.90. The Morgan fingerprint density at radius 1 is 1.52 bits per heavy atom. The summed E-state index contributed by atoms with van der Waals surface area (Å²) in [6, 6.07) is 4.32. The summed E-state index contributed by atoms with van der Waals surface area (Å²) in [5, 5.41) is 11.2. The van der Waals surface area contributed by atoms with Gasteiger partial charge in [0, 0.05) is 6.54 Å². The molecule has 3 N–H and O–H groups in total. The summed E-state index contributed by atoms with van der Waals surface area (Å²) in [6.45, 7) is 4.52. The summed E-state index contributed by atoms with van der Waals surface area (Å²) in [6.07, 6.45) is -0.0972. The fourth-order valence-corrected chi connectivity index (χ4v) is 2.37. The van der Waals surface area contributed by atoms with Crippen molar-refractivity contribution in [3.8, 4) is 0 Å². The van der Waals surface area contributed by atoms with Crippen LogP contribution in [0.1, 0.15) is 24.2 Å². The third-order valence-electron chi connectivity index (χ3n) is 3.47. The topological polar surface area (TPSA) is 111 Å². The number of nitrogens with two attached hydrogens (primary N) is 1. The maximum atomic E-state index is 12.6. The second kappa shape index (κ2) is 6.06. The number of hydrogen-bond acceptors (Lipinski definition) is 6.